The van der Waals surface area contributed by atoms with Crippen LogP contribution >= 0.6 is 0 Å². The molecule has 5 rings (SSSR count). The molecule has 128 valence electrons. The van der Waals surface area contributed by atoms with Crippen LogP contribution in [0.1, 0.15) is 55.8 Å². The Morgan fingerprint density at radius 3 is 2.25 bits per heavy atom. The number of Topliss-reactive ketones (excluding diaryl/α,β-unsaturated/α-hetero) is 1. The topological polar surface area (TPSA) is 62.8 Å². The maximum absolute atomic E-state index is 12.4. The van der Waals surface area contributed by atoms with Gasteiger partial charge >= 0.3 is 0 Å². The number of nitrogens with one attached hydrogen (secondary N) is 1. The largest absolute Gasteiger partial charge is 0.334 e. The van der Waals surface area contributed by atoms with Crippen molar-refractivity contribution in [1.82, 2.24) is 0 Å². The minimum absolute atomic E-state index is 0.000514. The van der Waals surface area contributed by atoms with E-state index in [2.05, 4.69) is 10.6 Å². The molecule has 24 heavy (non-hydrogen) atoms. The summed E-state index contributed by atoms with van der Waals surface area (Å²) in [7, 11) is 0. The fraction of sp³-hybridized carbons (Fsp3) is 0.600. The van der Waals surface area contributed by atoms with Crippen molar-refractivity contribution in [3.63, 3.8) is 0 Å². The lowest BCUT2D eigenvalue weighted by Gasteiger charge is -2.54. The average molecular weight is 327 g/mol. The molecular weight excluding hydrogens is 300 g/mol. The number of nitrogens with two attached hydrogens (primary N) is 1. The molecule has 4 saturated carbocycles. The average Bonchev–Trinajstić information content (AvgIpc) is 2.52. The van der Waals surface area contributed by atoms with Gasteiger partial charge in [-0.3, -0.25) is 9.59 Å². The zero-order valence-corrected chi connectivity index (χ0v) is 14.4. The van der Waals surface area contributed by atoms with Gasteiger partial charge in [0.15, 0.2) is 12.3 Å². The van der Waals surface area contributed by atoms with Crippen LogP contribution in [0.25, 0.3) is 0 Å². The van der Waals surface area contributed by atoms with E-state index in [4.69, 9.17) is 0 Å². The molecule has 1 amide bonds. The molecule has 0 aliphatic heterocycles. The summed E-state index contributed by atoms with van der Waals surface area (Å²) in [5.74, 6) is 2.67. The van der Waals surface area contributed by atoms with Crippen LogP contribution in [0.3, 0.4) is 0 Å². The van der Waals surface area contributed by atoms with E-state index in [1.807, 2.05) is 12.1 Å². The van der Waals surface area contributed by atoms with E-state index in [9.17, 15) is 9.59 Å². The van der Waals surface area contributed by atoms with Crippen molar-refractivity contribution in [2.24, 2.45) is 17.8 Å². The minimum atomic E-state index is -0.0176. The summed E-state index contributed by atoms with van der Waals surface area (Å²) < 4.78 is 0. The fourth-order valence-electron chi connectivity index (χ4n) is 5.84. The van der Waals surface area contributed by atoms with Crippen molar-refractivity contribution >= 4 is 17.4 Å². The second kappa shape index (κ2) is 5.99. The van der Waals surface area contributed by atoms with Gasteiger partial charge in [-0.1, -0.05) is 12.1 Å². The van der Waals surface area contributed by atoms with Crippen molar-refractivity contribution in [2.75, 3.05) is 11.9 Å². The van der Waals surface area contributed by atoms with Gasteiger partial charge in [0.05, 0.1) is 11.2 Å². The minimum Gasteiger partial charge on any atom is -0.334 e. The third-order valence-electron chi connectivity index (χ3n) is 6.39. The molecule has 4 bridgehead atoms. The Morgan fingerprint density at radius 1 is 1.08 bits per heavy atom. The zero-order chi connectivity index (χ0) is 16.7. The van der Waals surface area contributed by atoms with Crippen LogP contribution in [0.2, 0.25) is 0 Å². The summed E-state index contributed by atoms with van der Waals surface area (Å²) in [6, 6.07) is 7.25. The molecule has 1 aromatic carbocycles. The highest BCUT2D eigenvalue weighted by atomic mass is 16.2. The van der Waals surface area contributed by atoms with Crippen molar-refractivity contribution in [1.29, 1.82) is 0 Å². The second-order valence-electron chi connectivity index (χ2n) is 8.34. The first-order valence-electron chi connectivity index (χ1n) is 9.27. The van der Waals surface area contributed by atoms with Gasteiger partial charge in [-0.05, 0) is 56.1 Å². The predicted molar refractivity (Wildman–Crippen MR) is 92.8 cm³/mol. The van der Waals surface area contributed by atoms with Crippen LogP contribution in [0, 0.1) is 17.8 Å². The van der Waals surface area contributed by atoms with E-state index in [0.717, 1.165) is 17.8 Å². The van der Waals surface area contributed by atoms with Crippen LogP contribution in [0.5, 0.6) is 0 Å². The van der Waals surface area contributed by atoms with E-state index in [0.29, 0.717) is 23.3 Å². The highest BCUT2D eigenvalue weighted by molar-refractivity contribution is 6.03. The highest BCUT2D eigenvalue weighted by Crippen LogP contribution is 2.54. The molecule has 0 heterocycles. The van der Waals surface area contributed by atoms with Crippen LogP contribution in [0.4, 0.5) is 5.69 Å². The van der Waals surface area contributed by atoms with Gasteiger partial charge in [-0.2, -0.15) is 0 Å². The number of anilines is 1. The number of hydrogen-bond acceptors (Lipinski definition) is 2. The molecule has 4 nitrogen and oxygen atoms in total. The van der Waals surface area contributed by atoms with Gasteiger partial charge < -0.3 is 10.6 Å². The predicted octanol–water partition coefficient (Wildman–Crippen LogP) is 2.36. The van der Waals surface area contributed by atoms with Gasteiger partial charge in [0.2, 0.25) is 0 Å². The standard InChI is InChI=1S/C20H26N2O2/c1-13(23)17-4-2-3-5-18(17)22-19(24)12-21-20-9-14-6-15(10-20)8-16(7-14)11-20/h2-5,14-16,21H,6-12H2,1H3,(H,22,24)/p+1. The SMILES string of the molecule is CC(=O)c1ccccc1NC(=O)C[NH2+]C12CC3CC(CC(C3)C1)C2. The first kappa shape index (κ1) is 15.8. The van der Waals surface area contributed by atoms with Gasteiger partial charge in [0.25, 0.3) is 5.91 Å². The number of carbonyl (C=O) groups is 2. The number of hydrogen-bond donors (Lipinski definition) is 2. The number of para-hydroxylation sites is 1. The van der Waals surface area contributed by atoms with E-state index in [1.165, 1.54) is 45.4 Å². The monoisotopic (exact) mass is 327 g/mol. The van der Waals surface area contributed by atoms with Gasteiger partial charge in [-0.25, -0.2) is 0 Å². The third kappa shape index (κ3) is 3.00. The van der Waals surface area contributed by atoms with Crippen molar-refractivity contribution in [2.45, 2.75) is 51.0 Å². The summed E-state index contributed by atoms with van der Waals surface area (Å²) in [5, 5.41) is 5.24. The number of benzene rings is 1. The Morgan fingerprint density at radius 2 is 1.67 bits per heavy atom. The van der Waals surface area contributed by atoms with E-state index < -0.39 is 0 Å². The molecule has 0 saturated heterocycles. The summed E-state index contributed by atoms with van der Waals surface area (Å²) in [4.78, 5) is 24.1. The van der Waals surface area contributed by atoms with Crippen LogP contribution in [-0.4, -0.2) is 23.8 Å². The van der Waals surface area contributed by atoms with Crippen molar-refractivity contribution < 1.29 is 14.9 Å². The summed E-state index contributed by atoms with van der Waals surface area (Å²) in [6.45, 7) is 1.99. The molecule has 0 atom stereocenters. The van der Waals surface area contributed by atoms with E-state index in [-0.39, 0.29) is 11.7 Å². The third-order valence-corrected chi connectivity index (χ3v) is 6.39. The summed E-state index contributed by atoms with van der Waals surface area (Å²) in [5.41, 5.74) is 1.53. The normalized spacial score (nSPS) is 33.5. The lowest BCUT2D eigenvalue weighted by Crippen LogP contribution is -3.00. The Balaban J connectivity index is 1.38. The zero-order valence-electron chi connectivity index (χ0n) is 14.4. The van der Waals surface area contributed by atoms with Crippen molar-refractivity contribution in [3.8, 4) is 0 Å². The molecule has 0 radical (unpaired) electrons. The van der Waals surface area contributed by atoms with Crippen LogP contribution in [-0.2, 0) is 4.79 Å². The molecule has 0 unspecified atom stereocenters. The Bertz CT molecular complexity index is 632. The number of quaternary nitrogens is 1. The van der Waals surface area contributed by atoms with E-state index >= 15 is 0 Å². The Kier molecular flexibility index (Phi) is 3.95. The van der Waals surface area contributed by atoms with Crippen LogP contribution in [0.15, 0.2) is 24.3 Å². The molecular formula is C20H27N2O2+. The number of rotatable bonds is 5. The maximum atomic E-state index is 12.4. The smallest absolute Gasteiger partial charge is 0.279 e. The Labute approximate surface area is 143 Å². The quantitative estimate of drug-likeness (QED) is 0.816. The molecule has 3 N–H and O–H groups in total. The number of ketones is 1. The molecule has 1 aromatic rings. The first-order chi connectivity index (χ1) is 11.5. The summed E-state index contributed by atoms with van der Waals surface area (Å²) in [6.07, 6.45) is 8.13. The first-order valence-corrected chi connectivity index (χ1v) is 9.27. The Hall–Kier alpha value is -1.68. The molecule has 4 fully saturated rings. The number of amides is 1. The fourth-order valence-corrected chi connectivity index (χ4v) is 5.84. The lowest BCUT2D eigenvalue weighted by molar-refractivity contribution is -0.729. The molecule has 4 aliphatic carbocycles. The number of carbonyl (C=O) groups excluding carboxylic acids is 2. The van der Waals surface area contributed by atoms with Gasteiger partial charge in [-0.15, -0.1) is 0 Å². The highest BCUT2D eigenvalue weighted by Gasteiger charge is 2.53. The summed E-state index contributed by atoms with van der Waals surface area (Å²) >= 11 is 0. The van der Waals surface area contributed by atoms with Gasteiger partial charge in [0.1, 0.15) is 0 Å². The molecule has 0 spiro atoms. The molecule has 4 heteroatoms. The second-order valence-corrected chi connectivity index (χ2v) is 8.34. The lowest BCUT2D eigenvalue weighted by atomic mass is 9.53. The maximum Gasteiger partial charge on any atom is 0.279 e. The van der Waals surface area contributed by atoms with Gasteiger partial charge in [0, 0.05) is 24.8 Å². The molecule has 4 aliphatic rings. The van der Waals surface area contributed by atoms with E-state index in [1.54, 1.807) is 12.1 Å². The van der Waals surface area contributed by atoms with Crippen LogP contribution < -0.4 is 10.6 Å². The molecule has 0 aromatic heterocycles. The van der Waals surface area contributed by atoms with Crippen molar-refractivity contribution in [3.05, 3.63) is 29.8 Å².